The molecule has 0 aliphatic carbocycles. The van der Waals surface area contributed by atoms with E-state index in [1.807, 2.05) is 43.6 Å². The van der Waals surface area contributed by atoms with Crippen molar-refractivity contribution in [3.63, 3.8) is 0 Å². The van der Waals surface area contributed by atoms with Crippen LogP contribution in [0.25, 0.3) is 10.4 Å². The molecule has 1 N–H and O–H groups in total. The van der Waals surface area contributed by atoms with E-state index in [4.69, 9.17) is 0 Å². The van der Waals surface area contributed by atoms with Crippen LogP contribution in [0.4, 0.5) is 0 Å². The first kappa shape index (κ1) is 24.8. The Hall–Kier alpha value is -2.91. The third-order valence-electron chi connectivity index (χ3n) is 7.92. The highest BCUT2D eigenvalue weighted by Crippen LogP contribution is 2.39. The summed E-state index contributed by atoms with van der Waals surface area (Å²) >= 11 is 1.59. The number of likely N-dealkylation sites (tertiary alicyclic amines) is 2. The van der Waals surface area contributed by atoms with Gasteiger partial charge in [-0.3, -0.25) is 14.4 Å². The molecule has 5 rings (SSSR count). The lowest BCUT2D eigenvalue weighted by atomic mass is 9.78. The number of aromatic nitrogens is 1. The van der Waals surface area contributed by atoms with Gasteiger partial charge in [-0.1, -0.05) is 24.3 Å². The highest BCUT2D eigenvalue weighted by atomic mass is 32.1. The minimum Gasteiger partial charge on any atom is -0.391 e. The van der Waals surface area contributed by atoms with Gasteiger partial charge in [0.05, 0.1) is 33.6 Å². The Morgan fingerprint density at radius 2 is 1.92 bits per heavy atom. The summed E-state index contributed by atoms with van der Waals surface area (Å²) in [6, 6.07) is 7.03. The number of piperidine rings is 1. The molecule has 190 valence electrons. The van der Waals surface area contributed by atoms with Crippen molar-refractivity contribution < 1.29 is 19.5 Å². The van der Waals surface area contributed by atoms with Crippen molar-refractivity contribution in [2.45, 2.75) is 76.5 Å². The summed E-state index contributed by atoms with van der Waals surface area (Å²) in [5, 5.41) is 10.5. The average molecular weight is 509 g/mol. The van der Waals surface area contributed by atoms with E-state index in [0.29, 0.717) is 31.5 Å². The quantitative estimate of drug-likeness (QED) is 0.684. The van der Waals surface area contributed by atoms with Gasteiger partial charge in [-0.15, -0.1) is 11.3 Å². The minimum absolute atomic E-state index is 0.109. The van der Waals surface area contributed by atoms with Crippen molar-refractivity contribution in [2.24, 2.45) is 4.99 Å². The normalized spacial score (nSPS) is 28.5. The van der Waals surface area contributed by atoms with Crippen LogP contribution in [0.15, 0.2) is 34.8 Å². The van der Waals surface area contributed by atoms with E-state index in [9.17, 15) is 19.5 Å². The monoisotopic (exact) mass is 508 g/mol. The Labute approximate surface area is 215 Å². The standard InChI is InChI=1S/C27H32N4O4S/c1-16-24(36-15-28-16)18-7-9-19(10-8-18)27(3)13-21(29-26(27)35)23-12-20(33)14-31(23)25(34)22-6-4-5-11-30(22)17(2)32/h7-10,15,20,22-23,33H,4-6,11-14H2,1-3H3/t20-,22+,23-,27+/m1/s1. The van der Waals surface area contributed by atoms with Crippen LogP contribution >= 0.6 is 11.3 Å². The van der Waals surface area contributed by atoms with Crippen LogP contribution in [0.1, 0.15) is 57.2 Å². The zero-order valence-corrected chi connectivity index (χ0v) is 21.8. The summed E-state index contributed by atoms with van der Waals surface area (Å²) in [4.78, 5) is 52.1. The number of carbonyl (C=O) groups is 3. The molecule has 1 aromatic heterocycles. The molecular formula is C27H32N4O4S. The molecule has 1 aromatic carbocycles. The van der Waals surface area contributed by atoms with Gasteiger partial charge in [0.2, 0.25) is 11.8 Å². The van der Waals surface area contributed by atoms with Crippen molar-refractivity contribution in [2.75, 3.05) is 13.1 Å². The highest BCUT2D eigenvalue weighted by molar-refractivity contribution is 7.13. The number of aliphatic hydroxyl groups excluding tert-OH is 1. The van der Waals surface area contributed by atoms with E-state index in [0.717, 1.165) is 34.5 Å². The van der Waals surface area contributed by atoms with E-state index >= 15 is 0 Å². The fourth-order valence-electron chi connectivity index (χ4n) is 5.85. The van der Waals surface area contributed by atoms with E-state index in [2.05, 4.69) is 9.98 Å². The Balaban J connectivity index is 1.37. The predicted molar refractivity (Wildman–Crippen MR) is 138 cm³/mol. The molecule has 4 heterocycles. The lowest BCUT2D eigenvalue weighted by Gasteiger charge is -2.38. The molecule has 3 aliphatic rings. The van der Waals surface area contributed by atoms with Gasteiger partial charge < -0.3 is 14.9 Å². The molecule has 0 bridgehead atoms. The number of hydrogen-bond donors (Lipinski definition) is 1. The fourth-order valence-corrected chi connectivity index (χ4v) is 6.66. The van der Waals surface area contributed by atoms with Crippen molar-refractivity contribution in [3.8, 4) is 10.4 Å². The number of thiazole rings is 1. The summed E-state index contributed by atoms with van der Waals surface area (Å²) in [5.74, 6) is -0.488. The molecule has 3 aliphatic heterocycles. The van der Waals surface area contributed by atoms with Gasteiger partial charge in [0.1, 0.15) is 6.04 Å². The molecule has 3 amide bonds. The minimum atomic E-state index is -0.824. The number of aryl methyl sites for hydroxylation is 1. The van der Waals surface area contributed by atoms with Gasteiger partial charge in [-0.25, -0.2) is 9.98 Å². The Morgan fingerprint density at radius 1 is 1.17 bits per heavy atom. The van der Waals surface area contributed by atoms with Crippen molar-refractivity contribution in [1.82, 2.24) is 14.8 Å². The maximum atomic E-state index is 13.6. The lowest BCUT2D eigenvalue weighted by Crippen LogP contribution is -2.54. The second-order valence-electron chi connectivity index (χ2n) is 10.4. The van der Waals surface area contributed by atoms with Gasteiger partial charge in [-0.05, 0) is 44.2 Å². The molecule has 0 unspecified atom stereocenters. The van der Waals surface area contributed by atoms with Crippen LogP contribution in [0.5, 0.6) is 0 Å². The van der Waals surface area contributed by atoms with Crippen LogP contribution in [0.3, 0.4) is 0 Å². The van der Waals surface area contributed by atoms with Crippen LogP contribution in [0, 0.1) is 6.92 Å². The summed E-state index contributed by atoms with van der Waals surface area (Å²) < 4.78 is 0. The molecule has 0 saturated carbocycles. The Morgan fingerprint density at radius 3 is 2.58 bits per heavy atom. The predicted octanol–water partition coefficient (Wildman–Crippen LogP) is 3.11. The van der Waals surface area contributed by atoms with Gasteiger partial charge in [0, 0.05) is 38.6 Å². The largest absolute Gasteiger partial charge is 0.391 e. The van der Waals surface area contributed by atoms with Crippen LogP contribution in [-0.4, -0.2) is 74.6 Å². The number of aliphatic hydroxyl groups is 1. The number of rotatable bonds is 4. The summed E-state index contributed by atoms with van der Waals surface area (Å²) in [6.07, 6.45) is 2.45. The maximum absolute atomic E-state index is 13.6. The number of amides is 3. The topological polar surface area (TPSA) is 103 Å². The number of nitrogens with zero attached hydrogens (tertiary/aromatic N) is 4. The van der Waals surface area contributed by atoms with Gasteiger partial charge in [0.25, 0.3) is 5.91 Å². The SMILES string of the molecule is CC(=O)N1CCCC[C@H]1C(=O)N1C[C@H](O)C[C@@H]1C1=NC(=O)[C@](C)(c2ccc(-c3scnc3C)cc2)C1. The van der Waals surface area contributed by atoms with Crippen molar-refractivity contribution >= 4 is 34.8 Å². The van der Waals surface area contributed by atoms with E-state index in [-0.39, 0.29) is 24.3 Å². The molecule has 9 heteroatoms. The van der Waals surface area contributed by atoms with Crippen LogP contribution in [0.2, 0.25) is 0 Å². The van der Waals surface area contributed by atoms with Crippen molar-refractivity contribution in [3.05, 3.63) is 41.0 Å². The van der Waals surface area contributed by atoms with E-state index in [1.54, 1.807) is 21.1 Å². The molecule has 2 fully saturated rings. The molecule has 0 spiro atoms. The molecule has 8 nitrogen and oxygen atoms in total. The van der Waals surface area contributed by atoms with Gasteiger partial charge in [-0.2, -0.15) is 0 Å². The zero-order valence-electron chi connectivity index (χ0n) is 20.9. The molecule has 36 heavy (non-hydrogen) atoms. The van der Waals surface area contributed by atoms with Crippen molar-refractivity contribution in [1.29, 1.82) is 0 Å². The third kappa shape index (κ3) is 4.28. The first-order chi connectivity index (χ1) is 17.2. The van der Waals surface area contributed by atoms with Gasteiger partial charge >= 0.3 is 0 Å². The fraction of sp³-hybridized carbons (Fsp3) is 0.519. The zero-order chi connectivity index (χ0) is 25.6. The number of carbonyl (C=O) groups excluding carboxylic acids is 3. The van der Waals surface area contributed by atoms with Gasteiger partial charge in [0.15, 0.2) is 0 Å². The highest BCUT2D eigenvalue weighted by Gasteiger charge is 2.48. The Kier molecular flexibility index (Phi) is 6.55. The maximum Gasteiger partial charge on any atom is 0.256 e. The Bertz CT molecular complexity index is 1220. The molecule has 2 saturated heterocycles. The van der Waals surface area contributed by atoms with Crippen LogP contribution in [-0.2, 0) is 19.8 Å². The van der Waals surface area contributed by atoms with E-state index < -0.39 is 23.6 Å². The number of β-amino-alcohol motifs (C(OH)–C–C–N with tert-alkyl or cyclic N) is 1. The number of benzene rings is 1. The second-order valence-corrected chi connectivity index (χ2v) is 11.2. The first-order valence-electron chi connectivity index (χ1n) is 12.6. The summed E-state index contributed by atoms with van der Waals surface area (Å²) in [6.45, 7) is 6.14. The molecule has 2 aromatic rings. The first-order valence-corrected chi connectivity index (χ1v) is 13.5. The van der Waals surface area contributed by atoms with Crippen LogP contribution < -0.4 is 0 Å². The second kappa shape index (κ2) is 9.52. The lowest BCUT2D eigenvalue weighted by molar-refractivity contribution is -0.146. The summed E-state index contributed by atoms with van der Waals surface area (Å²) in [5.41, 5.74) is 4.56. The van der Waals surface area contributed by atoms with E-state index in [1.165, 1.54) is 6.92 Å². The molecule has 4 atom stereocenters. The molecular weight excluding hydrogens is 476 g/mol. The number of hydrogen-bond acceptors (Lipinski definition) is 6. The smallest absolute Gasteiger partial charge is 0.256 e. The molecule has 0 radical (unpaired) electrons. The average Bonchev–Trinajstić information content (AvgIpc) is 3.56. The summed E-state index contributed by atoms with van der Waals surface area (Å²) in [7, 11) is 0. The third-order valence-corrected chi connectivity index (χ3v) is 8.90. The number of aliphatic imine (C=N–C) groups is 1.